The van der Waals surface area contributed by atoms with Gasteiger partial charge in [-0.05, 0) is 32.4 Å². The van der Waals surface area contributed by atoms with Crippen LogP contribution in [0.2, 0.25) is 0 Å². The molecule has 0 heterocycles. The molecule has 0 aliphatic heterocycles. The number of aliphatic carboxylic acids is 1. The summed E-state index contributed by atoms with van der Waals surface area (Å²) < 4.78 is 0. The Hall–Kier alpha value is -0.690. The molecule has 0 fully saturated rings. The molecule has 0 aliphatic carbocycles. The van der Waals surface area contributed by atoms with Crippen molar-refractivity contribution in [2.45, 2.75) is 37.8 Å². The summed E-state index contributed by atoms with van der Waals surface area (Å²) >= 11 is 0. The minimum atomic E-state index is -0.952. The summed E-state index contributed by atoms with van der Waals surface area (Å²) in [5.74, 6) is -0.952. The molecule has 1 unspecified atom stereocenters. The number of carbonyl (C=O) groups is 1. The molecule has 0 aliphatic rings. The Balaban J connectivity index is 3.24. The van der Waals surface area contributed by atoms with Crippen molar-refractivity contribution in [2.75, 3.05) is 19.6 Å². The molecule has 0 aromatic rings. The van der Waals surface area contributed by atoms with E-state index in [1.54, 1.807) is 0 Å². The molecule has 0 saturated heterocycles. The van der Waals surface area contributed by atoms with Crippen LogP contribution in [0.25, 0.3) is 0 Å². The van der Waals surface area contributed by atoms with Gasteiger partial charge in [0, 0.05) is 6.54 Å². The van der Waals surface area contributed by atoms with E-state index < -0.39 is 18.1 Å². The lowest BCUT2D eigenvalue weighted by Gasteiger charge is -2.10. The Morgan fingerprint density at radius 3 is 2.56 bits per heavy atom. The van der Waals surface area contributed by atoms with Gasteiger partial charge in [-0.3, -0.25) is 4.79 Å². The number of hydrogen-bond acceptors (Lipinski definition) is 5. The van der Waals surface area contributed by atoms with Crippen LogP contribution in [0.1, 0.15) is 25.7 Å². The largest absolute Gasteiger partial charge is 0.480 e. The van der Waals surface area contributed by atoms with E-state index in [1.807, 2.05) is 0 Å². The Morgan fingerprint density at radius 1 is 1.31 bits per heavy atom. The molecule has 0 radical (unpaired) electrons. The summed E-state index contributed by atoms with van der Waals surface area (Å²) in [4.78, 5) is 10.4. The summed E-state index contributed by atoms with van der Waals surface area (Å²) in [5.41, 5.74) is 10.6. The molecular formula is C10H23N3O3. The highest BCUT2D eigenvalue weighted by molar-refractivity contribution is 5.72. The minimum absolute atomic E-state index is 0.397. The van der Waals surface area contributed by atoms with Crippen LogP contribution in [0, 0.1) is 0 Å². The lowest BCUT2D eigenvalue weighted by atomic mass is 10.1. The second-order valence-corrected chi connectivity index (χ2v) is 3.88. The predicted octanol–water partition coefficient (Wildman–Crippen LogP) is -1.13. The van der Waals surface area contributed by atoms with Crippen molar-refractivity contribution in [3.05, 3.63) is 0 Å². The Labute approximate surface area is 96.0 Å². The smallest absolute Gasteiger partial charge is 0.320 e. The summed E-state index contributed by atoms with van der Waals surface area (Å²) in [6, 6.07) is -0.761. The minimum Gasteiger partial charge on any atom is -0.480 e. The first kappa shape index (κ1) is 15.3. The quantitative estimate of drug-likeness (QED) is 0.304. The van der Waals surface area contributed by atoms with Crippen LogP contribution in [-0.4, -0.2) is 48.0 Å². The van der Waals surface area contributed by atoms with E-state index in [-0.39, 0.29) is 0 Å². The Bertz CT molecular complexity index is 190. The lowest BCUT2D eigenvalue weighted by molar-refractivity contribution is -0.138. The molecule has 0 bridgehead atoms. The summed E-state index contributed by atoms with van der Waals surface area (Å²) in [6.07, 6.45) is 2.31. The van der Waals surface area contributed by atoms with E-state index in [0.717, 1.165) is 19.4 Å². The van der Waals surface area contributed by atoms with Gasteiger partial charge in [-0.15, -0.1) is 0 Å². The highest BCUT2D eigenvalue weighted by Gasteiger charge is 2.09. The summed E-state index contributed by atoms with van der Waals surface area (Å²) in [6.45, 7) is 1.77. The number of aliphatic hydroxyl groups excluding tert-OH is 1. The lowest BCUT2D eigenvalue weighted by Crippen LogP contribution is -2.31. The van der Waals surface area contributed by atoms with Crippen LogP contribution >= 0.6 is 0 Å². The molecule has 0 saturated carbocycles. The van der Waals surface area contributed by atoms with Gasteiger partial charge < -0.3 is 27.0 Å². The van der Waals surface area contributed by atoms with E-state index in [1.165, 1.54) is 0 Å². The van der Waals surface area contributed by atoms with Gasteiger partial charge in [-0.25, -0.2) is 0 Å². The maximum atomic E-state index is 10.4. The zero-order valence-electron chi connectivity index (χ0n) is 9.56. The third-order valence-electron chi connectivity index (χ3n) is 2.32. The number of unbranched alkanes of at least 4 members (excludes halogenated alkanes) is 1. The predicted molar refractivity (Wildman–Crippen MR) is 62.0 cm³/mol. The van der Waals surface area contributed by atoms with Crippen LogP contribution in [-0.2, 0) is 4.79 Å². The zero-order valence-corrected chi connectivity index (χ0v) is 9.56. The van der Waals surface area contributed by atoms with Gasteiger partial charge >= 0.3 is 5.97 Å². The standard InChI is InChI=1S/C10H23N3O3/c11-5-4-8(14)7-13-6-2-1-3-9(12)10(15)16/h8-9,13-14H,1-7,11-12H2,(H,15,16)/t8?,9-/m1/s1. The second kappa shape index (κ2) is 9.53. The summed E-state index contributed by atoms with van der Waals surface area (Å²) in [7, 11) is 0. The molecule has 16 heavy (non-hydrogen) atoms. The molecule has 0 aromatic heterocycles. The number of carboxylic acids is 1. The van der Waals surface area contributed by atoms with Gasteiger partial charge in [0.05, 0.1) is 6.10 Å². The molecule has 0 aromatic carbocycles. The van der Waals surface area contributed by atoms with Crippen LogP contribution in [0.5, 0.6) is 0 Å². The van der Waals surface area contributed by atoms with Crippen molar-refractivity contribution in [2.24, 2.45) is 11.5 Å². The maximum Gasteiger partial charge on any atom is 0.320 e. The molecule has 0 rings (SSSR count). The van der Waals surface area contributed by atoms with Gasteiger partial charge in [0.2, 0.25) is 0 Å². The van der Waals surface area contributed by atoms with Crippen molar-refractivity contribution < 1.29 is 15.0 Å². The average molecular weight is 233 g/mol. The number of aliphatic hydroxyl groups is 1. The molecule has 0 amide bonds. The van der Waals surface area contributed by atoms with Gasteiger partial charge in [-0.1, -0.05) is 6.42 Å². The van der Waals surface area contributed by atoms with Gasteiger partial charge in [0.15, 0.2) is 0 Å². The first-order valence-corrected chi connectivity index (χ1v) is 5.65. The van der Waals surface area contributed by atoms with Gasteiger partial charge in [-0.2, -0.15) is 0 Å². The van der Waals surface area contributed by atoms with Gasteiger partial charge in [0.1, 0.15) is 6.04 Å². The molecular weight excluding hydrogens is 210 g/mol. The van der Waals surface area contributed by atoms with Gasteiger partial charge in [0.25, 0.3) is 0 Å². The molecule has 6 heteroatoms. The number of nitrogens with one attached hydrogen (secondary N) is 1. The molecule has 6 nitrogen and oxygen atoms in total. The number of rotatable bonds is 10. The van der Waals surface area contributed by atoms with E-state index in [0.29, 0.717) is 25.9 Å². The first-order chi connectivity index (χ1) is 7.57. The average Bonchev–Trinajstić information content (AvgIpc) is 2.23. The number of nitrogens with two attached hydrogens (primary N) is 2. The second-order valence-electron chi connectivity index (χ2n) is 3.88. The number of carboxylic acid groups (broad SMARTS) is 1. The molecule has 96 valence electrons. The van der Waals surface area contributed by atoms with Crippen molar-refractivity contribution in [3.8, 4) is 0 Å². The van der Waals surface area contributed by atoms with Crippen LogP contribution in [0.3, 0.4) is 0 Å². The van der Waals surface area contributed by atoms with Crippen LogP contribution < -0.4 is 16.8 Å². The maximum absolute atomic E-state index is 10.4. The Morgan fingerprint density at radius 2 is 2.00 bits per heavy atom. The van der Waals surface area contributed by atoms with Crippen molar-refractivity contribution in [3.63, 3.8) is 0 Å². The fourth-order valence-corrected chi connectivity index (χ4v) is 1.30. The molecule has 2 atom stereocenters. The van der Waals surface area contributed by atoms with E-state index >= 15 is 0 Å². The third-order valence-corrected chi connectivity index (χ3v) is 2.32. The van der Waals surface area contributed by atoms with E-state index in [4.69, 9.17) is 16.6 Å². The molecule has 7 N–H and O–H groups in total. The first-order valence-electron chi connectivity index (χ1n) is 5.65. The fourth-order valence-electron chi connectivity index (χ4n) is 1.30. The zero-order chi connectivity index (χ0) is 12.4. The third kappa shape index (κ3) is 8.60. The highest BCUT2D eigenvalue weighted by Crippen LogP contribution is 1.98. The topological polar surface area (TPSA) is 122 Å². The normalized spacial score (nSPS) is 14.7. The van der Waals surface area contributed by atoms with E-state index in [2.05, 4.69) is 5.32 Å². The molecule has 0 spiro atoms. The highest BCUT2D eigenvalue weighted by atomic mass is 16.4. The van der Waals surface area contributed by atoms with Crippen molar-refractivity contribution >= 4 is 5.97 Å². The number of hydrogen-bond donors (Lipinski definition) is 5. The Kier molecular flexibility index (Phi) is 9.12. The van der Waals surface area contributed by atoms with Crippen molar-refractivity contribution in [1.82, 2.24) is 5.32 Å². The van der Waals surface area contributed by atoms with Crippen LogP contribution in [0.15, 0.2) is 0 Å². The monoisotopic (exact) mass is 233 g/mol. The van der Waals surface area contributed by atoms with Crippen molar-refractivity contribution in [1.29, 1.82) is 0 Å². The summed E-state index contributed by atoms with van der Waals surface area (Å²) in [5, 5.41) is 20.9. The van der Waals surface area contributed by atoms with E-state index in [9.17, 15) is 9.90 Å². The fraction of sp³-hybridized carbons (Fsp3) is 0.900. The SMILES string of the molecule is NCCC(O)CNCCCC[C@@H](N)C(=O)O. The van der Waals surface area contributed by atoms with Crippen LogP contribution in [0.4, 0.5) is 0 Å².